The van der Waals surface area contributed by atoms with Crippen molar-refractivity contribution in [1.29, 1.82) is 0 Å². The van der Waals surface area contributed by atoms with Crippen LogP contribution in [-0.4, -0.2) is 22.5 Å². The SMILES string of the molecule is Cc1ccc([C@@H]2c3ccccc3C=NN2/C=C/C=O)cn1. The quantitative estimate of drug-likeness (QED) is 0.640. The van der Waals surface area contributed by atoms with E-state index in [9.17, 15) is 4.79 Å². The molecule has 1 atom stereocenters. The molecule has 0 fully saturated rings. The van der Waals surface area contributed by atoms with Gasteiger partial charge in [-0.2, -0.15) is 5.10 Å². The van der Waals surface area contributed by atoms with Crippen LogP contribution >= 0.6 is 0 Å². The van der Waals surface area contributed by atoms with Gasteiger partial charge in [0, 0.05) is 23.7 Å². The van der Waals surface area contributed by atoms with Crippen molar-refractivity contribution in [3.63, 3.8) is 0 Å². The number of carbonyl (C=O) groups excluding carboxylic acids is 1. The average Bonchev–Trinajstić information content (AvgIpc) is 2.53. The first-order chi connectivity index (χ1) is 10.3. The van der Waals surface area contributed by atoms with Gasteiger partial charge in [0.15, 0.2) is 0 Å². The van der Waals surface area contributed by atoms with Gasteiger partial charge in [0.05, 0.1) is 6.21 Å². The number of hydrazone groups is 1. The van der Waals surface area contributed by atoms with E-state index >= 15 is 0 Å². The van der Waals surface area contributed by atoms with E-state index in [1.807, 2.05) is 49.7 Å². The van der Waals surface area contributed by atoms with Gasteiger partial charge < -0.3 is 0 Å². The Morgan fingerprint density at radius 2 is 2.05 bits per heavy atom. The third-order valence-electron chi connectivity index (χ3n) is 3.45. The highest BCUT2D eigenvalue weighted by Gasteiger charge is 2.25. The zero-order valence-electron chi connectivity index (χ0n) is 11.7. The van der Waals surface area contributed by atoms with Crippen molar-refractivity contribution in [2.75, 3.05) is 0 Å². The number of nitrogens with zero attached hydrogens (tertiary/aromatic N) is 3. The van der Waals surface area contributed by atoms with E-state index in [0.29, 0.717) is 0 Å². The molecule has 21 heavy (non-hydrogen) atoms. The lowest BCUT2D eigenvalue weighted by Crippen LogP contribution is -2.24. The molecule has 0 aliphatic carbocycles. The molecule has 0 amide bonds. The van der Waals surface area contributed by atoms with Crippen molar-refractivity contribution in [3.05, 3.63) is 77.3 Å². The van der Waals surface area contributed by atoms with Gasteiger partial charge in [0.2, 0.25) is 0 Å². The highest BCUT2D eigenvalue weighted by atomic mass is 16.1. The monoisotopic (exact) mass is 277 g/mol. The molecule has 0 saturated heterocycles. The lowest BCUT2D eigenvalue weighted by Gasteiger charge is -2.31. The Hall–Kier alpha value is -2.75. The molecule has 1 aliphatic heterocycles. The van der Waals surface area contributed by atoms with Gasteiger partial charge in [-0.15, -0.1) is 0 Å². The van der Waals surface area contributed by atoms with E-state index < -0.39 is 0 Å². The van der Waals surface area contributed by atoms with Crippen molar-refractivity contribution < 1.29 is 4.79 Å². The summed E-state index contributed by atoms with van der Waals surface area (Å²) in [7, 11) is 0. The third kappa shape index (κ3) is 2.60. The summed E-state index contributed by atoms with van der Waals surface area (Å²) in [6, 6.07) is 12.1. The van der Waals surface area contributed by atoms with Crippen LogP contribution in [0.1, 0.15) is 28.4 Å². The number of aryl methyl sites for hydroxylation is 1. The van der Waals surface area contributed by atoms with Crippen molar-refractivity contribution in [2.45, 2.75) is 13.0 Å². The fourth-order valence-corrected chi connectivity index (χ4v) is 2.44. The molecule has 2 aromatic rings. The number of benzene rings is 1. The molecule has 1 aromatic heterocycles. The van der Waals surface area contributed by atoms with Gasteiger partial charge in [0.1, 0.15) is 12.3 Å². The van der Waals surface area contributed by atoms with Crippen LogP contribution in [0.15, 0.2) is 60.0 Å². The summed E-state index contributed by atoms with van der Waals surface area (Å²) < 4.78 is 0. The number of hydrogen-bond donors (Lipinski definition) is 0. The summed E-state index contributed by atoms with van der Waals surface area (Å²) in [6.45, 7) is 1.96. The van der Waals surface area contributed by atoms with Crippen molar-refractivity contribution >= 4 is 12.5 Å². The number of fused-ring (bicyclic) bond motifs is 1. The average molecular weight is 277 g/mol. The van der Waals surface area contributed by atoms with Gasteiger partial charge in [-0.3, -0.25) is 14.8 Å². The van der Waals surface area contributed by atoms with E-state index in [-0.39, 0.29) is 6.04 Å². The highest BCUT2D eigenvalue weighted by molar-refractivity contribution is 5.83. The van der Waals surface area contributed by atoms with Crippen LogP contribution in [0.3, 0.4) is 0 Å². The molecule has 0 unspecified atom stereocenters. The Morgan fingerprint density at radius 3 is 2.81 bits per heavy atom. The van der Waals surface area contributed by atoms with E-state index in [2.05, 4.69) is 16.2 Å². The number of pyridine rings is 1. The number of aldehydes is 1. The van der Waals surface area contributed by atoms with Crippen LogP contribution in [0.4, 0.5) is 0 Å². The first-order valence-electron chi connectivity index (χ1n) is 6.75. The molecule has 0 bridgehead atoms. The smallest absolute Gasteiger partial charge is 0.144 e. The second kappa shape index (κ2) is 5.71. The van der Waals surface area contributed by atoms with E-state index in [1.165, 1.54) is 6.08 Å². The molecule has 4 nitrogen and oxygen atoms in total. The van der Waals surface area contributed by atoms with E-state index in [4.69, 9.17) is 0 Å². The highest BCUT2D eigenvalue weighted by Crippen LogP contribution is 2.33. The molecular formula is C17H15N3O. The number of rotatable bonds is 3. The fraction of sp³-hybridized carbons (Fsp3) is 0.118. The molecule has 0 N–H and O–H groups in total. The maximum absolute atomic E-state index is 10.6. The molecular weight excluding hydrogens is 262 g/mol. The molecule has 2 heterocycles. The molecule has 0 saturated carbocycles. The molecule has 1 aliphatic rings. The summed E-state index contributed by atoms with van der Waals surface area (Å²) in [5.41, 5.74) is 4.24. The lowest BCUT2D eigenvalue weighted by molar-refractivity contribution is -0.104. The topological polar surface area (TPSA) is 45.6 Å². The summed E-state index contributed by atoms with van der Waals surface area (Å²) >= 11 is 0. The zero-order chi connectivity index (χ0) is 14.7. The minimum Gasteiger partial charge on any atom is -0.299 e. The molecule has 0 radical (unpaired) electrons. The molecule has 3 rings (SSSR count). The molecule has 1 aromatic carbocycles. The van der Waals surface area contributed by atoms with Crippen LogP contribution in [0.5, 0.6) is 0 Å². The fourth-order valence-electron chi connectivity index (χ4n) is 2.44. The largest absolute Gasteiger partial charge is 0.299 e. The van der Waals surface area contributed by atoms with Crippen LogP contribution in [0, 0.1) is 6.92 Å². The van der Waals surface area contributed by atoms with Gasteiger partial charge in [0.25, 0.3) is 0 Å². The number of hydrogen-bond acceptors (Lipinski definition) is 4. The second-order valence-electron chi connectivity index (χ2n) is 4.87. The Bertz CT molecular complexity index is 704. The minimum absolute atomic E-state index is 0.0736. The summed E-state index contributed by atoms with van der Waals surface area (Å²) in [5, 5.41) is 6.20. The van der Waals surface area contributed by atoms with Crippen LogP contribution in [-0.2, 0) is 4.79 Å². The Kier molecular flexibility index (Phi) is 3.60. The predicted octanol–water partition coefficient (Wildman–Crippen LogP) is 2.84. The Balaban J connectivity index is 2.10. The molecule has 0 spiro atoms. The van der Waals surface area contributed by atoms with Crippen LogP contribution < -0.4 is 0 Å². The van der Waals surface area contributed by atoms with Crippen LogP contribution in [0.25, 0.3) is 0 Å². The predicted molar refractivity (Wildman–Crippen MR) is 81.9 cm³/mol. The maximum atomic E-state index is 10.6. The van der Waals surface area contributed by atoms with Gasteiger partial charge in [-0.25, -0.2) is 0 Å². The lowest BCUT2D eigenvalue weighted by atomic mass is 9.94. The van der Waals surface area contributed by atoms with E-state index in [1.54, 1.807) is 11.2 Å². The summed E-state index contributed by atoms with van der Waals surface area (Å²) in [6.07, 6.45) is 7.55. The van der Waals surface area contributed by atoms with Crippen molar-refractivity contribution in [2.24, 2.45) is 5.10 Å². The Morgan fingerprint density at radius 1 is 1.19 bits per heavy atom. The number of carbonyl (C=O) groups is 1. The van der Waals surface area contributed by atoms with Crippen molar-refractivity contribution in [3.8, 4) is 0 Å². The molecule has 4 heteroatoms. The maximum Gasteiger partial charge on any atom is 0.144 e. The summed E-state index contributed by atoms with van der Waals surface area (Å²) in [5.74, 6) is 0. The van der Waals surface area contributed by atoms with Crippen molar-refractivity contribution in [1.82, 2.24) is 9.99 Å². The van der Waals surface area contributed by atoms with Gasteiger partial charge in [-0.05, 0) is 30.2 Å². The number of aromatic nitrogens is 1. The second-order valence-corrected chi connectivity index (χ2v) is 4.87. The first-order valence-corrected chi connectivity index (χ1v) is 6.75. The van der Waals surface area contributed by atoms with E-state index in [0.717, 1.165) is 28.7 Å². The Labute approximate surface area is 123 Å². The first kappa shape index (κ1) is 13.2. The zero-order valence-corrected chi connectivity index (χ0v) is 11.7. The molecule has 104 valence electrons. The standard InChI is InChI=1S/C17H15N3O/c1-13-7-8-15(11-18-13)17-16-6-3-2-5-14(16)12-19-20(17)9-4-10-21/h2-12,17H,1H3/b9-4+/t17-/m1/s1. The summed E-state index contributed by atoms with van der Waals surface area (Å²) in [4.78, 5) is 15.0. The normalized spacial score (nSPS) is 17.0. The van der Waals surface area contributed by atoms with Gasteiger partial charge >= 0.3 is 0 Å². The van der Waals surface area contributed by atoms with Crippen LogP contribution in [0.2, 0.25) is 0 Å². The third-order valence-corrected chi connectivity index (χ3v) is 3.45. The number of allylic oxidation sites excluding steroid dienone is 1. The van der Waals surface area contributed by atoms with Gasteiger partial charge in [-0.1, -0.05) is 30.3 Å². The minimum atomic E-state index is -0.0736.